The molecule has 0 bridgehead atoms. The van der Waals surface area contributed by atoms with E-state index in [1.807, 2.05) is 34.9 Å². The summed E-state index contributed by atoms with van der Waals surface area (Å²) < 4.78 is 5.41. The van der Waals surface area contributed by atoms with Gasteiger partial charge in [-0.1, -0.05) is 13.8 Å². The number of nitrogens with zero attached hydrogens (tertiary/aromatic N) is 3. The van der Waals surface area contributed by atoms with E-state index in [1.54, 1.807) is 4.90 Å². The number of carbonyl (C=O) groups excluding carboxylic acids is 1. The minimum Gasteiger partial charge on any atom is -0.481 e. The summed E-state index contributed by atoms with van der Waals surface area (Å²) in [6, 6.07) is 0. The maximum Gasteiger partial charge on any atom is 0.410 e. The van der Waals surface area contributed by atoms with Crippen LogP contribution in [0.25, 0.3) is 0 Å². The van der Waals surface area contributed by atoms with Crippen LogP contribution in [-0.2, 0) is 9.53 Å². The van der Waals surface area contributed by atoms with Gasteiger partial charge in [-0.25, -0.2) is 4.79 Å². The van der Waals surface area contributed by atoms with Crippen molar-refractivity contribution in [3.63, 3.8) is 0 Å². The zero-order valence-electron chi connectivity index (χ0n) is 16.8. The molecule has 7 heteroatoms. The summed E-state index contributed by atoms with van der Waals surface area (Å²) in [7, 11) is 4.01. The molecule has 0 unspecified atom stereocenters. The fourth-order valence-corrected chi connectivity index (χ4v) is 3.11. The number of ether oxygens (including phenoxy) is 1. The molecule has 0 atom stereocenters. The largest absolute Gasteiger partial charge is 0.481 e. The van der Waals surface area contributed by atoms with Crippen LogP contribution in [0.4, 0.5) is 4.79 Å². The Balaban J connectivity index is 2.87. The third-order valence-corrected chi connectivity index (χ3v) is 4.18. The van der Waals surface area contributed by atoms with Gasteiger partial charge in [-0.15, -0.1) is 0 Å². The standard InChI is InChI=1S/C18H35N3O4/c1-14(2)11-21(9-8-19(6)7)18(10-15(22)23)12-20(13-18)16(24)25-17(3,4)5/h14H,8-13H2,1-7H3,(H,22,23). The molecule has 1 saturated heterocycles. The molecule has 1 N–H and O–H groups in total. The summed E-state index contributed by atoms with van der Waals surface area (Å²) >= 11 is 0. The Morgan fingerprint density at radius 3 is 2.16 bits per heavy atom. The van der Waals surface area contributed by atoms with Crippen molar-refractivity contribution in [3.05, 3.63) is 0 Å². The molecule has 146 valence electrons. The number of amides is 1. The fraction of sp³-hybridized carbons (Fsp3) is 0.889. The lowest BCUT2D eigenvalue weighted by molar-refractivity contribution is -0.146. The van der Waals surface area contributed by atoms with Crippen LogP contribution < -0.4 is 0 Å². The molecule has 7 nitrogen and oxygen atoms in total. The highest BCUT2D eigenvalue weighted by atomic mass is 16.6. The summed E-state index contributed by atoms with van der Waals surface area (Å²) in [4.78, 5) is 29.7. The Morgan fingerprint density at radius 2 is 1.76 bits per heavy atom. The highest BCUT2D eigenvalue weighted by Crippen LogP contribution is 2.33. The molecule has 1 aliphatic rings. The first-order valence-corrected chi connectivity index (χ1v) is 8.94. The quantitative estimate of drug-likeness (QED) is 0.716. The maximum absolute atomic E-state index is 12.3. The number of hydrogen-bond donors (Lipinski definition) is 1. The van der Waals surface area contributed by atoms with Gasteiger partial charge in [0.25, 0.3) is 0 Å². The highest BCUT2D eigenvalue weighted by molar-refractivity contribution is 5.73. The number of likely N-dealkylation sites (tertiary alicyclic amines) is 1. The van der Waals surface area contributed by atoms with Crippen LogP contribution in [0.2, 0.25) is 0 Å². The number of hydrogen-bond acceptors (Lipinski definition) is 5. The minimum absolute atomic E-state index is 0.0342. The van der Waals surface area contributed by atoms with Crippen molar-refractivity contribution in [1.82, 2.24) is 14.7 Å². The molecule has 1 amide bonds. The van der Waals surface area contributed by atoms with Crippen LogP contribution in [-0.4, -0.2) is 89.8 Å². The minimum atomic E-state index is -0.831. The predicted molar refractivity (Wildman–Crippen MR) is 97.8 cm³/mol. The molecule has 1 fully saturated rings. The van der Waals surface area contributed by atoms with E-state index < -0.39 is 17.1 Å². The molecular weight excluding hydrogens is 322 g/mol. The first-order valence-electron chi connectivity index (χ1n) is 8.94. The molecule has 0 aromatic carbocycles. The molecule has 0 spiro atoms. The summed E-state index contributed by atoms with van der Waals surface area (Å²) in [5, 5.41) is 9.41. The van der Waals surface area contributed by atoms with Gasteiger partial charge in [0.15, 0.2) is 0 Å². The maximum atomic E-state index is 12.3. The van der Waals surface area contributed by atoms with Gasteiger partial charge in [0.1, 0.15) is 5.60 Å². The van der Waals surface area contributed by atoms with Crippen LogP contribution in [0, 0.1) is 5.92 Å². The summed E-state index contributed by atoms with van der Waals surface area (Å²) in [5.74, 6) is -0.411. The third-order valence-electron chi connectivity index (χ3n) is 4.18. The van der Waals surface area contributed by atoms with E-state index in [9.17, 15) is 14.7 Å². The number of carbonyl (C=O) groups is 2. The van der Waals surface area contributed by atoms with Crippen molar-refractivity contribution in [2.45, 2.75) is 52.2 Å². The van der Waals surface area contributed by atoms with Gasteiger partial charge in [-0.05, 0) is 40.8 Å². The number of carboxylic acids is 1. The molecule has 0 aromatic heterocycles. The molecule has 25 heavy (non-hydrogen) atoms. The first kappa shape index (κ1) is 21.7. The highest BCUT2D eigenvalue weighted by Gasteiger charge is 2.51. The second-order valence-electron chi connectivity index (χ2n) is 8.77. The second kappa shape index (κ2) is 8.36. The zero-order chi connectivity index (χ0) is 19.4. The van der Waals surface area contributed by atoms with Crippen molar-refractivity contribution in [2.75, 3.05) is 46.8 Å². The van der Waals surface area contributed by atoms with Gasteiger partial charge >= 0.3 is 12.1 Å². The molecule has 0 radical (unpaired) electrons. The molecule has 1 rings (SSSR count). The van der Waals surface area contributed by atoms with E-state index in [4.69, 9.17) is 4.74 Å². The fourth-order valence-electron chi connectivity index (χ4n) is 3.11. The average molecular weight is 357 g/mol. The lowest BCUT2D eigenvalue weighted by Crippen LogP contribution is -2.73. The van der Waals surface area contributed by atoms with Gasteiger partial charge < -0.3 is 19.6 Å². The van der Waals surface area contributed by atoms with Crippen LogP contribution in [0.5, 0.6) is 0 Å². The second-order valence-corrected chi connectivity index (χ2v) is 8.77. The summed E-state index contributed by atoms with van der Waals surface area (Å²) in [5.41, 5.74) is -1.06. The van der Waals surface area contributed by atoms with Crippen molar-refractivity contribution in [3.8, 4) is 0 Å². The van der Waals surface area contributed by atoms with E-state index in [-0.39, 0.29) is 12.5 Å². The van der Waals surface area contributed by atoms with E-state index in [1.165, 1.54) is 0 Å². The van der Waals surface area contributed by atoms with Crippen molar-refractivity contribution in [2.24, 2.45) is 5.92 Å². The molecule has 1 aliphatic heterocycles. The van der Waals surface area contributed by atoms with Crippen LogP contribution >= 0.6 is 0 Å². The van der Waals surface area contributed by atoms with E-state index >= 15 is 0 Å². The Labute approximate surface area is 151 Å². The lowest BCUT2D eigenvalue weighted by atomic mass is 9.83. The van der Waals surface area contributed by atoms with Crippen LogP contribution in [0.15, 0.2) is 0 Å². The monoisotopic (exact) mass is 357 g/mol. The van der Waals surface area contributed by atoms with Gasteiger partial charge in [0.05, 0.1) is 12.0 Å². The number of likely N-dealkylation sites (N-methyl/N-ethyl adjacent to an activating group) is 1. The Bertz CT molecular complexity index is 465. The average Bonchev–Trinajstić information content (AvgIpc) is 2.35. The summed E-state index contributed by atoms with van der Waals surface area (Å²) in [6.07, 6.45) is -0.336. The van der Waals surface area contributed by atoms with E-state index in [0.717, 1.165) is 19.6 Å². The number of rotatable bonds is 8. The summed E-state index contributed by atoms with van der Waals surface area (Å²) in [6.45, 7) is 13.0. The van der Waals surface area contributed by atoms with Crippen LogP contribution in [0.1, 0.15) is 41.0 Å². The smallest absolute Gasteiger partial charge is 0.410 e. The van der Waals surface area contributed by atoms with E-state index in [0.29, 0.717) is 19.0 Å². The van der Waals surface area contributed by atoms with Crippen LogP contribution in [0.3, 0.4) is 0 Å². The number of carboxylic acid groups (broad SMARTS) is 1. The Morgan fingerprint density at radius 1 is 1.20 bits per heavy atom. The zero-order valence-corrected chi connectivity index (χ0v) is 16.8. The van der Waals surface area contributed by atoms with Gasteiger partial charge in [-0.3, -0.25) is 9.69 Å². The molecule has 0 aliphatic carbocycles. The Hall–Kier alpha value is -1.34. The molecule has 1 heterocycles. The normalized spacial score (nSPS) is 17.1. The molecule has 0 saturated carbocycles. The van der Waals surface area contributed by atoms with Gasteiger partial charge in [0.2, 0.25) is 0 Å². The van der Waals surface area contributed by atoms with E-state index in [2.05, 4.69) is 23.6 Å². The lowest BCUT2D eigenvalue weighted by Gasteiger charge is -2.55. The molecule has 0 aromatic rings. The van der Waals surface area contributed by atoms with Crippen molar-refractivity contribution >= 4 is 12.1 Å². The van der Waals surface area contributed by atoms with Gasteiger partial charge in [-0.2, -0.15) is 0 Å². The van der Waals surface area contributed by atoms with Gasteiger partial charge in [0, 0.05) is 32.7 Å². The van der Waals surface area contributed by atoms with Crippen molar-refractivity contribution < 1.29 is 19.4 Å². The first-order chi connectivity index (χ1) is 11.3. The predicted octanol–water partition coefficient (Wildman–Crippen LogP) is 1.97. The Kier molecular flexibility index (Phi) is 7.26. The third kappa shape index (κ3) is 6.82. The topological polar surface area (TPSA) is 73.3 Å². The number of aliphatic carboxylic acids is 1. The molecular formula is C18H35N3O4. The van der Waals surface area contributed by atoms with Crippen molar-refractivity contribution in [1.29, 1.82) is 0 Å². The SMILES string of the molecule is CC(C)CN(CCN(C)C)C1(CC(=O)O)CN(C(=O)OC(C)(C)C)C1.